The number of amides is 2. The van der Waals surface area contributed by atoms with Crippen LogP contribution in [0.5, 0.6) is 0 Å². The van der Waals surface area contributed by atoms with E-state index in [1.54, 1.807) is 28.0 Å². The van der Waals surface area contributed by atoms with E-state index in [1.807, 2.05) is 50.2 Å². The van der Waals surface area contributed by atoms with Crippen molar-refractivity contribution in [2.45, 2.75) is 13.8 Å². The normalized spacial score (nSPS) is 14.0. The second-order valence-corrected chi connectivity index (χ2v) is 6.97. The Hall–Kier alpha value is -3.47. The molecule has 0 bridgehead atoms. The van der Waals surface area contributed by atoms with E-state index < -0.39 is 0 Å². The molecule has 0 radical (unpaired) electrons. The van der Waals surface area contributed by atoms with E-state index in [0.29, 0.717) is 30.1 Å². The van der Waals surface area contributed by atoms with Crippen LogP contribution in [0.25, 0.3) is 10.8 Å². The Kier molecular flexibility index (Phi) is 3.59. The van der Waals surface area contributed by atoms with Gasteiger partial charge >= 0.3 is 0 Å². The van der Waals surface area contributed by atoms with Crippen LogP contribution < -0.4 is 4.90 Å². The van der Waals surface area contributed by atoms with Gasteiger partial charge in [0.2, 0.25) is 0 Å². The minimum Gasteiger partial charge on any atom is -0.339 e. The number of fused-ring (bicyclic) bond motifs is 4. The molecule has 0 saturated carbocycles. The summed E-state index contributed by atoms with van der Waals surface area (Å²) in [4.78, 5) is 34.2. The minimum absolute atomic E-state index is 0.0300. The third-order valence-corrected chi connectivity index (χ3v) is 5.53. The maximum Gasteiger partial charge on any atom is 0.264 e. The summed E-state index contributed by atoms with van der Waals surface area (Å²) >= 11 is 0. The average Bonchev–Trinajstić information content (AvgIpc) is 3.01. The number of amidine groups is 1. The number of nitrogens with zero attached hydrogens (tertiary/aromatic N) is 3. The summed E-state index contributed by atoms with van der Waals surface area (Å²) in [5.41, 5.74) is 3.57. The second kappa shape index (κ2) is 6.02. The van der Waals surface area contributed by atoms with Crippen molar-refractivity contribution in [3.63, 3.8) is 0 Å². The quantitative estimate of drug-likeness (QED) is 0.688. The van der Waals surface area contributed by atoms with Crippen LogP contribution >= 0.6 is 0 Å². The van der Waals surface area contributed by atoms with Crippen LogP contribution in [0.1, 0.15) is 40.1 Å². The maximum absolute atomic E-state index is 13.2. The number of carbonyl (C=O) groups excluding carboxylic acids is 2. The van der Waals surface area contributed by atoms with Gasteiger partial charge in [-0.2, -0.15) is 0 Å². The van der Waals surface area contributed by atoms with Crippen molar-refractivity contribution < 1.29 is 9.59 Å². The van der Waals surface area contributed by atoms with Gasteiger partial charge in [0, 0.05) is 29.6 Å². The van der Waals surface area contributed by atoms with E-state index in [-0.39, 0.29) is 11.8 Å². The minimum atomic E-state index is -0.0995. The van der Waals surface area contributed by atoms with Crippen LogP contribution in [0.3, 0.4) is 0 Å². The first-order valence-corrected chi connectivity index (χ1v) is 9.52. The Morgan fingerprint density at radius 3 is 2.50 bits per heavy atom. The van der Waals surface area contributed by atoms with Crippen molar-refractivity contribution in [1.29, 1.82) is 0 Å². The van der Waals surface area contributed by atoms with Gasteiger partial charge in [0.1, 0.15) is 5.84 Å². The lowest BCUT2D eigenvalue weighted by Crippen LogP contribution is -2.32. The van der Waals surface area contributed by atoms with Gasteiger partial charge in [0.05, 0.1) is 16.9 Å². The van der Waals surface area contributed by atoms with Gasteiger partial charge in [-0.05, 0) is 49.6 Å². The maximum atomic E-state index is 13.2. The molecule has 0 spiro atoms. The Morgan fingerprint density at radius 1 is 1.00 bits per heavy atom. The number of hydrogen-bond acceptors (Lipinski definition) is 3. The fourth-order valence-electron chi connectivity index (χ4n) is 4.11. The first-order chi connectivity index (χ1) is 13.6. The Bertz CT molecular complexity index is 1190. The molecule has 3 aromatic carbocycles. The Labute approximate surface area is 162 Å². The van der Waals surface area contributed by atoms with Crippen LogP contribution in [0.4, 0.5) is 11.4 Å². The molecule has 5 heteroatoms. The van der Waals surface area contributed by atoms with Gasteiger partial charge < -0.3 is 4.90 Å². The molecule has 2 amide bonds. The van der Waals surface area contributed by atoms with Gasteiger partial charge in [-0.25, -0.2) is 4.99 Å². The molecule has 0 aliphatic carbocycles. The number of anilines is 1. The van der Waals surface area contributed by atoms with E-state index in [1.165, 1.54) is 0 Å². The van der Waals surface area contributed by atoms with Crippen LogP contribution in [-0.4, -0.2) is 35.6 Å². The molecule has 2 heterocycles. The average molecular weight is 369 g/mol. The smallest absolute Gasteiger partial charge is 0.264 e. The molecule has 28 heavy (non-hydrogen) atoms. The molecular formula is C23H19N3O2. The third-order valence-electron chi connectivity index (χ3n) is 5.53. The highest BCUT2D eigenvalue weighted by atomic mass is 16.2. The lowest BCUT2D eigenvalue weighted by atomic mass is 10.0. The second-order valence-electron chi connectivity index (χ2n) is 6.97. The monoisotopic (exact) mass is 369 g/mol. The molecule has 0 aromatic heterocycles. The first kappa shape index (κ1) is 16.7. The van der Waals surface area contributed by atoms with Crippen molar-refractivity contribution >= 4 is 39.8 Å². The van der Waals surface area contributed by atoms with E-state index in [9.17, 15) is 9.59 Å². The summed E-state index contributed by atoms with van der Waals surface area (Å²) in [6.45, 7) is 5.22. The molecule has 0 unspecified atom stereocenters. The van der Waals surface area contributed by atoms with Crippen molar-refractivity contribution in [2.24, 2.45) is 4.99 Å². The number of carbonyl (C=O) groups is 2. The van der Waals surface area contributed by atoms with Crippen molar-refractivity contribution in [3.05, 3.63) is 71.3 Å². The predicted molar refractivity (Wildman–Crippen MR) is 111 cm³/mol. The summed E-state index contributed by atoms with van der Waals surface area (Å²) in [5, 5.41) is 2.04. The highest BCUT2D eigenvalue weighted by Gasteiger charge is 2.38. The molecule has 0 saturated heterocycles. The molecule has 138 valence electrons. The fourth-order valence-corrected chi connectivity index (χ4v) is 4.11. The first-order valence-electron chi connectivity index (χ1n) is 9.52. The van der Waals surface area contributed by atoms with Crippen molar-refractivity contribution in [1.82, 2.24) is 4.90 Å². The molecular weight excluding hydrogens is 350 g/mol. The molecule has 0 fully saturated rings. The summed E-state index contributed by atoms with van der Waals surface area (Å²) < 4.78 is 0. The molecule has 2 aliphatic rings. The standard InChI is InChI=1S/C23H19N3O2/c1-3-25(4-2)22(27)15-11-12-16-17(13-15)21-24-18-9-5-7-14-8-6-10-19(20(14)18)26(21)23(16)28/h5-13H,3-4H2,1-2H3. The number of hydrogen-bond donors (Lipinski definition) is 0. The summed E-state index contributed by atoms with van der Waals surface area (Å²) in [6, 6.07) is 17.2. The van der Waals surface area contributed by atoms with Gasteiger partial charge in [0.25, 0.3) is 11.8 Å². The zero-order chi connectivity index (χ0) is 19.4. The Morgan fingerprint density at radius 2 is 1.75 bits per heavy atom. The van der Waals surface area contributed by atoms with Crippen LogP contribution in [0, 0.1) is 0 Å². The van der Waals surface area contributed by atoms with Crippen LogP contribution in [-0.2, 0) is 0 Å². The highest BCUT2D eigenvalue weighted by Crippen LogP contribution is 2.43. The molecule has 0 atom stereocenters. The molecule has 3 aromatic rings. The van der Waals surface area contributed by atoms with Gasteiger partial charge in [-0.3, -0.25) is 14.5 Å². The lowest BCUT2D eigenvalue weighted by molar-refractivity contribution is 0.0772. The lowest BCUT2D eigenvalue weighted by Gasteiger charge is -2.24. The van der Waals surface area contributed by atoms with Crippen molar-refractivity contribution in [3.8, 4) is 0 Å². The van der Waals surface area contributed by atoms with Crippen LogP contribution in [0.2, 0.25) is 0 Å². The SMILES string of the molecule is CCN(CC)C(=O)c1ccc2c(c1)C1=Nc3cccc4cccc(c34)N1C2=O. The fraction of sp³-hybridized carbons (Fsp3) is 0.174. The number of aliphatic imine (C=N–C) groups is 1. The molecule has 5 nitrogen and oxygen atoms in total. The summed E-state index contributed by atoms with van der Waals surface area (Å²) in [6.07, 6.45) is 0. The van der Waals surface area contributed by atoms with E-state index in [4.69, 9.17) is 4.99 Å². The number of benzene rings is 3. The largest absolute Gasteiger partial charge is 0.339 e. The van der Waals surface area contributed by atoms with Crippen LogP contribution in [0.15, 0.2) is 59.6 Å². The topological polar surface area (TPSA) is 53.0 Å². The molecule has 2 aliphatic heterocycles. The summed E-state index contributed by atoms with van der Waals surface area (Å²) in [5.74, 6) is 0.468. The predicted octanol–water partition coefficient (Wildman–Crippen LogP) is 4.37. The van der Waals surface area contributed by atoms with E-state index in [2.05, 4.69) is 0 Å². The van der Waals surface area contributed by atoms with Crippen molar-refractivity contribution in [2.75, 3.05) is 18.0 Å². The van der Waals surface area contributed by atoms with E-state index >= 15 is 0 Å². The Balaban J connectivity index is 1.70. The summed E-state index contributed by atoms with van der Waals surface area (Å²) in [7, 11) is 0. The molecule has 5 rings (SSSR count). The molecule has 0 N–H and O–H groups in total. The highest BCUT2D eigenvalue weighted by molar-refractivity contribution is 6.40. The van der Waals surface area contributed by atoms with Gasteiger partial charge in [-0.1, -0.05) is 24.3 Å². The zero-order valence-electron chi connectivity index (χ0n) is 15.8. The van der Waals surface area contributed by atoms with Gasteiger partial charge in [-0.15, -0.1) is 0 Å². The zero-order valence-corrected chi connectivity index (χ0v) is 15.8. The van der Waals surface area contributed by atoms with E-state index in [0.717, 1.165) is 27.7 Å². The van der Waals surface area contributed by atoms with Gasteiger partial charge in [0.15, 0.2) is 0 Å². The third kappa shape index (κ3) is 2.16. The number of rotatable bonds is 3.